The van der Waals surface area contributed by atoms with Crippen LogP contribution in [0.2, 0.25) is 0 Å². The van der Waals surface area contributed by atoms with E-state index < -0.39 is 0 Å². The lowest BCUT2D eigenvalue weighted by atomic mass is 10.1. The lowest BCUT2D eigenvalue weighted by Gasteiger charge is -2.19. The molecule has 0 amide bonds. The van der Waals surface area contributed by atoms with E-state index in [-0.39, 0.29) is 6.04 Å². The van der Waals surface area contributed by atoms with E-state index in [0.717, 1.165) is 37.5 Å². The van der Waals surface area contributed by atoms with Crippen molar-refractivity contribution in [2.75, 3.05) is 32.8 Å². The summed E-state index contributed by atoms with van der Waals surface area (Å²) in [6.07, 6.45) is 0. The second kappa shape index (κ2) is 9.35. The van der Waals surface area contributed by atoms with Crippen LogP contribution in [0.3, 0.4) is 0 Å². The largest absolute Gasteiger partial charge is 0.494 e. The van der Waals surface area contributed by atoms with Crippen LogP contribution in [0.15, 0.2) is 24.3 Å². The molecule has 0 aliphatic carbocycles. The van der Waals surface area contributed by atoms with Gasteiger partial charge in [-0.05, 0) is 37.7 Å². The van der Waals surface area contributed by atoms with Crippen LogP contribution in [0.1, 0.15) is 32.4 Å². The molecule has 0 heterocycles. The molecule has 0 aliphatic rings. The van der Waals surface area contributed by atoms with E-state index in [4.69, 9.17) is 4.74 Å². The fourth-order valence-electron chi connectivity index (χ4n) is 2.10. The summed E-state index contributed by atoms with van der Waals surface area (Å²) >= 11 is 0. The third-order valence-electron chi connectivity index (χ3n) is 3.30. The molecule has 1 rings (SSSR count). The van der Waals surface area contributed by atoms with Crippen molar-refractivity contribution in [2.24, 2.45) is 0 Å². The second-order valence-electron chi connectivity index (χ2n) is 4.55. The van der Waals surface area contributed by atoms with Crippen LogP contribution < -0.4 is 10.1 Å². The van der Waals surface area contributed by atoms with Crippen molar-refractivity contribution in [1.82, 2.24) is 10.2 Å². The van der Waals surface area contributed by atoms with Crippen LogP contribution >= 0.6 is 0 Å². The fourth-order valence-corrected chi connectivity index (χ4v) is 2.10. The van der Waals surface area contributed by atoms with Gasteiger partial charge in [-0.1, -0.05) is 26.0 Å². The van der Waals surface area contributed by atoms with Crippen molar-refractivity contribution >= 4 is 0 Å². The standard InChI is InChI=1S/C16H25N3O/c1-4-19(5-2)11-10-18-16(13-17)14-8-7-9-15(12-14)20-6-3/h7-9,12,16,18H,4-6,10-11H2,1-3H3. The van der Waals surface area contributed by atoms with Crippen LogP contribution in [0, 0.1) is 11.3 Å². The van der Waals surface area contributed by atoms with E-state index in [0.29, 0.717) is 6.61 Å². The number of nitrogens with one attached hydrogen (secondary N) is 1. The van der Waals surface area contributed by atoms with Crippen molar-refractivity contribution in [3.8, 4) is 11.8 Å². The zero-order valence-corrected chi connectivity index (χ0v) is 12.7. The molecule has 1 atom stereocenters. The molecule has 1 aromatic carbocycles. The summed E-state index contributed by atoms with van der Waals surface area (Å²) in [6, 6.07) is 9.76. The summed E-state index contributed by atoms with van der Waals surface area (Å²) < 4.78 is 5.47. The van der Waals surface area contributed by atoms with E-state index in [1.165, 1.54) is 0 Å². The molecule has 20 heavy (non-hydrogen) atoms. The molecule has 0 radical (unpaired) electrons. The number of rotatable bonds is 9. The summed E-state index contributed by atoms with van der Waals surface area (Å²) in [4.78, 5) is 2.33. The van der Waals surface area contributed by atoms with Gasteiger partial charge in [0.1, 0.15) is 11.8 Å². The smallest absolute Gasteiger partial charge is 0.121 e. The molecule has 0 fully saturated rings. The molecule has 0 bridgehead atoms. The van der Waals surface area contributed by atoms with Crippen LogP contribution in [0.25, 0.3) is 0 Å². The number of likely N-dealkylation sites (N-methyl/N-ethyl adjacent to an activating group) is 1. The Kier molecular flexibility index (Phi) is 7.71. The molecule has 110 valence electrons. The molecule has 0 aromatic heterocycles. The molecule has 0 spiro atoms. The maximum atomic E-state index is 9.31. The first kappa shape index (κ1) is 16.5. The van der Waals surface area contributed by atoms with Gasteiger partial charge in [-0.2, -0.15) is 5.26 Å². The van der Waals surface area contributed by atoms with Crippen molar-refractivity contribution < 1.29 is 4.74 Å². The molecule has 1 aromatic rings. The summed E-state index contributed by atoms with van der Waals surface area (Å²) in [7, 11) is 0. The Labute approximate surface area is 122 Å². The highest BCUT2D eigenvalue weighted by molar-refractivity contribution is 5.33. The molecule has 0 aliphatic heterocycles. The Hall–Kier alpha value is -1.57. The van der Waals surface area contributed by atoms with E-state index >= 15 is 0 Å². The first-order valence-electron chi connectivity index (χ1n) is 7.33. The van der Waals surface area contributed by atoms with Gasteiger partial charge in [-0.25, -0.2) is 0 Å². The molecule has 1 N–H and O–H groups in total. The average molecular weight is 275 g/mol. The van der Waals surface area contributed by atoms with Crippen molar-refractivity contribution in [1.29, 1.82) is 5.26 Å². The SMILES string of the molecule is CCOc1cccc(C(C#N)NCCN(CC)CC)c1. The number of ether oxygens (including phenoxy) is 1. The summed E-state index contributed by atoms with van der Waals surface area (Å²) in [5.41, 5.74) is 0.956. The minimum atomic E-state index is -0.286. The topological polar surface area (TPSA) is 48.3 Å². The van der Waals surface area contributed by atoms with E-state index in [9.17, 15) is 5.26 Å². The number of hydrogen-bond acceptors (Lipinski definition) is 4. The van der Waals surface area contributed by atoms with E-state index in [2.05, 4.69) is 30.1 Å². The summed E-state index contributed by atoms with van der Waals surface area (Å²) in [5, 5.41) is 12.6. The number of hydrogen-bond donors (Lipinski definition) is 1. The highest BCUT2D eigenvalue weighted by atomic mass is 16.5. The number of nitrogens with zero attached hydrogens (tertiary/aromatic N) is 2. The first-order chi connectivity index (χ1) is 9.74. The second-order valence-corrected chi connectivity index (χ2v) is 4.55. The highest BCUT2D eigenvalue weighted by Gasteiger charge is 2.11. The van der Waals surface area contributed by atoms with Crippen LogP contribution in [0.5, 0.6) is 5.75 Å². The zero-order valence-electron chi connectivity index (χ0n) is 12.7. The normalized spacial score (nSPS) is 12.2. The molecular weight excluding hydrogens is 250 g/mol. The Morgan fingerprint density at radius 3 is 2.65 bits per heavy atom. The highest BCUT2D eigenvalue weighted by Crippen LogP contribution is 2.18. The monoisotopic (exact) mass is 275 g/mol. The quantitative estimate of drug-likeness (QED) is 0.752. The van der Waals surface area contributed by atoms with Crippen molar-refractivity contribution in [3.05, 3.63) is 29.8 Å². The van der Waals surface area contributed by atoms with Crippen LogP contribution in [-0.2, 0) is 0 Å². The number of nitriles is 1. The molecule has 4 nitrogen and oxygen atoms in total. The maximum Gasteiger partial charge on any atom is 0.121 e. The third kappa shape index (κ3) is 5.20. The Bertz CT molecular complexity index is 424. The van der Waals surface area contributed by atoms with Gasteiger partial charge in [0, 0.05) is 13.1 Å². The molecular formula is C16H25N3O. The van der Waals surface area contributed by atoms with Gasteiger partial charge in [-0.15, -0.1) is 0 Å². The Balaban J connectivity index is 2.58. The van der Waals surface area contributed by atoms with Crippen LogP contribution in [-0.4, -0.2) is 37.7 Å². The predicted molar refractivity (Wildman–Crippen MR) is 81.8 cm³/mol. The maximum absolute atomic E-state index is 9.31. The van der Waals surface area contributed by atoms with Gasteiger partial charge in [0.25, 0.3) is 0 Å². The first-order valence-corrected chi connectivity index (χ1v) is 7.33. The van der Waals surface area contributed by atoms with Gasteiger partial charge < -0.3 is 9.64 Å². The fraction of sp³-hybridized carbons (Fsp3) is 0.562. The molecule has 0 saturated heterocycles. The van der Waals surface area contributed by atoms with Gasteiger partial charge in [-0.3, -0.25) is 5.32 Å². The molecule has 4 heteroatoms. The Morgan fingerprint density at radius 2 is 2.05 bits per heavy atom. The summed E-state index contributed by atoms with van der Waals surface area (Å²) in [6.45, 7) is 10.7. The van der Waals surface area contributed by atoms with Gasteiger partial charge in [0.2, 0.25) is 0 Å². The van der Waals surface area contributed by atoms with Gasteiger partial charge >= 0.3 is 0 Å². The third-order valence-corrected chi connectivity index (χ3v) is 3.30. The van der Waals surface area contributed by atoms with Gasteiger partial charge in [0.05, 0.1) is 12.7 Å². The predicted octanol–water partition coefficient (Wildman–Crippen LogP) is 2.58. The summed E-state index contributed by atoms with van der Waals surface area (Å²) in [5.74, 6) is 0.816. The van der Waals surface area contributed by atoms with Gasteiger partial charge in [0.15, 0.2) is 0 Å². The lowest BCUT2D eigenvalue weighted by Crippen LogP contribution is -2.33. The van der Waals surface area contributed by atoms with E-state index in [1.807, 2.05) is 31.2 Å². The average Bonchev–Trinajstić information content (AvgIpc) is 2.48. The molecule has 1 unspecified atom stereocenters. The van der Waals surface area contributed by atoms with Crippen molar-refractivity contribution in [2.45, 2.75) is 26.8 Å². The van der Waals surface area contributed by atoms with E-state index in [1.54, 1.807) is 0 Å². The minimum absolute atomic E-state index is 0.286. The van der Waals surface area contributed by atoms with Crippen LogP contribution in [0.4, 0.5) is 0 Å². The lowest BCUT2D eigenvalue weighted by molar-refractivity contribution is 0.300. The Morgan fingerprint density at radius 1 is 1.30 bits per heavy atom. The zero-order chi connectivity index (χ0) is 14.8. The minimum Gasteiger partial charge on any atom is -0.494 e. The number of benzene rings is 1. The molecule has 0 saturated carbocycles. The van der Waals surface area contributed by atoms with Crippen molar-refractivity contribution in [3.63, 3.8) is 0 Å².